The zero-order chi connectivity index (χ0) is 23.3. The minimum atomic E-state index is -0.958. The molecule has 7 nitrogen and oxygen atoms in total. The van der Waals surface area contributed by atoms with Crippen LogP contribution in [0.3, 0.4) is 0 Å². The summed E-state index contributed by atoms with van der Waals surface area (Å²) in [6.07, 6.45) is -0.958. The Hall–Kier alpha value is -3.35. The van der Waals surface area contributed by atoms with Gasteiger partial charge in [-0.05, 0) is 50.5 Å². The van der Waals surface area contributed by atoms with Crippen LogP contribution in [0.4, 0.5) is 4.79 Å². The lowest BCUT2D eigenvalue weighted by Gasteiger charge is -2.24. The molecule has 2 rings (SSSR count). The summed E-state index contributed by atoms with van der Waals surface area (Å²) in [6.45, 7) is 11.2. The molecule has 0 aromatic heterocycles. The normalized spacial score (nSPS) is 10.9. The SMILES string of the molecule is COc1cccc(C(=O)N(NC(=O)c2cc(C)cc(C)c2)C(=O)OCC(C)(C)C)c1C. The summed E-state index contributed by atoms with van der Waals surface area (Å²) >= 11 is 0. The number of aryl methyl sites for hydroxylation is 2. The molecule has 0 aliphatic carbocycles. The highest BCUT2D eigenvalue weighted by molar-refractivity contribution is 6.06. The molecule has 2 aromatic rings. The Kier molecular flexibility index (Phi) is 7.44. The lowest BCUT2D eigenvalue weighted by Crippen LogP contribution is -2.50. The van der Waals surface area contributed by atoms with E-state index in [0.29, 0.717) is 21.9 Å². The van der Waals surface area contributed by atoms with Crippen molar-refractivity contribution in [3.63, 3.8) is 0 Å². The minimum absolute atomic E-state index is 0.0755. The molecule has 0 unspecified atom stereocenters. The van der Waals surface area contributed by atoms with Gasteiger partial charge >= 0.3 is 6.09 Å². The average Bonchev–Trinajstić information content (AvgIpc) is 2.68. The average molecular weight is 427 g/mol. The maximum atomic E-state index is 13.3. The maximum Gasteiger partial charge on any atom is 0.436 e. The fourth-order valence-electron chi connectivity index (χ4n) is 2.98. The first-order chi connectivity index (χ1) is 14.4. The van der Waals surface area contributed by atoms with Crippen LogP contribution >= 0.6 is 0 Å². The number of hydrogen-bond donors (Lipinski definition) is 1. The van der Waals surface area contributed by atoms with Gasteiger partial charge in [-0.25, -0.2) is 4.79 Å². The number of imide groups is 1. The molecule has 7 heteroatoms. The standard InChI is InChI=1S/C24H30N2O5/c1-15-11-16(2)13-18(12-15)21(27)25-26(23(29)31-14-24(4,5)6)22(28)19-9-8-10-20(30-7)17(19)3/h8-13H,14H2,1-7H3,(H,25,27). The van der Waals surface area contributed by atoms with E-state index < -0.39 is 17.9 Å². The monoisotopic (exact) mass is 426 g/mol. The van der Waals surface area contributed by atoms with E-state index in [0.717, 1.165) is 11.1 Å². The molecular weight excluding hydrogens is 396 g/mol. The van der Waals surface area contributed by atoms with Crippen LogP contribution in [0.15, 0.2) is 36.4 Å². The van der Waals surface area contributed by atoms with Crippen molar-refractivity contribution in [2.24, 2.45) is 5.41 Å². The van der Waals surface area contributed by atoms with E-state index in [-0.39, 0.29) is 17.6 Å². The molecule has 0 saturated carbocycles. The van der Waals surface area contributed by atoms with Crippen molar-refractivity contribution in [2.75, 3.05) is 13.7 Å². The molecule has 166 valence electrons. The first kappa shape index (κ1) is 23.9. The summed E-state index contributed by atoms with van der Waals surface area (Å²) in [5, 5.41) is 0.619. The number of carbonyl (C=O) groups excluding carboxylic acids is 3. The number of ether oxygens (including phenoxy) is 2. The predicted molar refractivity (Wildman–Crippen MR) is 118 cm³/mol. The number of benzene rings is 2. The van der Waals surface area contributed by atoms with Crippen molar-refractivity contribution < 1.29 is 23.9 Å². The molecule has 3 amide bonds. The fourth-order valence-corrected chi connectivity index (χ4v) is 2.98. The lowest BCUT2D eigenvalue weighted by atomic mass is 9.99. The van der Waals surface area contributed by atoms with Gasteiger partial charge in [0, 0.05) is 16.7 Å². The molecule has 0 aliphatic heterocycles. The van der Waals surface area contributed by atoms with Crippen LogP contribution in [0.5, 0.6) is 5.75 Å². The summed E-state index contributed by atoms with van der Waals surface area (Å²) in [6, 6.07) is 10.2. The quantitative estimate of drug-likeness (QED) is 0.723. The van der Waals surface area contributed by atoms with Crippen LogP contribution in [0.25, 0.3) is 0 Å². The zero-order valence-electron chi connectivity index (χ0n) is 19.2. The molecule has 0 fully saturated rings. The molecule has 0 aliphatic rings. The van der Waals surface area contributed by atoms with Crippen molar-refractivity contribution in [2.45, 2.75) is 41.5 Å². The topological polar surface area (TPSA) is 84.9 Å². The van der Waals surface area contributed by atoms with Crippen molar-refractivity contribution in [1.29, 1.82) is 0 Å². The lowest BCUT2D eigenvalue weighted by molar-refractivity contribution is 0.0408. The van der Waals surface area contributed by atoms with Gasteiger partial charge in [-0.3, -0.25) is 15.0 Å². The Balaban J connectivity index is 2.39. The molecule has 0 bridgehead atoms. The van der Waals surface area contributed by atoms with Gasteiger partial charge in [-0.1, -0.05) is 44.0 Å². The Bertz CT molecular complexity index is 972. The van der Waals surface area contributed by atoms with Crippen LogP contribution in [-0.2, 0) is 4.74 Å². The predicted octanol–water partition coefficient (Wildman–Crippen LogP) is 4.59. The van der Waals surface area contributed by atoms with Crippen LogP contribution < -0.4 is 10.2 Å². The van der Waals surface area contributed by atoms with Gasteiger partial charge in [0.05, 0.1) is 13.7 Å². The van der Waals surface area contributed by atoms with Crippen molar-refractivity contribution in [1.82, 2.24) is 10.4 Å². The Morgan fingerprint density at radius 3 is 2.16 bits per heavy atom. The highest BCUT2D eigenvalue weighted by Gasteiger charge is 2.30. The van der Waals surface area contributed by atoms with Gasteiger partial charge in [0.2, 0.25) is 0 Å². The minimum Gasteiger partial charge on any atom is -0.496 e. The number of carbonyl (C=O) groups is 3. The molecule has 0 radical (unpaired) electrons. The van der Waals surface area contributed by atoms with E-state index in [1.165, 1.54) is 7.11 Å². The Morgan fingerprint density at radius 2 is 1.61 bits per heavy atom. The molecule has 0 saturated heterocycles. The van der Waals surface area contributed by atoms with E-state index in [1.807, 2.05) is 40.7 Å². The third kappa shape index (κ3) is 6.31. The molecule has 0 atom stereocenters. The number of hydrogen-bond acceptors (Lipinski definition) is 5. The molecule has 1 N–H and O–H groups in total. The number of hydrazine groups is 1. The van der Waals surface area contributed by atoms with Gasteiger partial charge in [0.25, 0.3) is 11.8 Å². The zero-order valence-corrected chi connectivity index (χ0v) is 19.2. The Labute approximate surface area is 183 Å². The van der Waals surface area contributed by atoms with Gasteiger partial charge < -0.3 is 9.47 Å². The summed E-state index contributed by atoms with van der Waals surface area (Å²) in [4.78, 5) is 38.9. The number of nitrogens with zero attached hydrogens (tertiary/aromatic N) is 1. The summed E-state index contributed by atoms with van der Waals surface area (Å²) in [7, 11) is 1.49. The van der Waals surface area contributed by atoms with E-state index in [9.17, 15) is 14.4 Å². The third-order valence-electron chi connectivity index (χ3n) is 4.45. The highest BCUT2D eigenvalue weighted by Crippen LogP contribution is 2.22. The van der Waals surface area contributed by atoms with E-state index >= 15 is 0 Å². The van der Waals surface area contributed by atoms with Crippen molar-refractivity contribution >= 4 is 17.9 Å². The number of methoxy groups -OCH3 is 1. The van der Waals surface area contributed by atoms with Gasteiger partial charge in [-0.2, -0.15) is 0 Å². The molecule has 0 spiro atoms. The third-order valence-corrected chi connectivity index (χ3v) is 4.45. The maximum absolute atomic E-state index is 13.3. The van der Waals surface area contributed by atoms with Gasteiger partial charge in [-0.15, -0.1) is 5.01 Å². The smallest absolute Gasteiger partial charge is 0.436 e. The summed E-state index contributed by atoms with van der Waals surface area (Å²) < 4.78 is 10.6. The first-order valence-electron chi connectivity index (χ1n) is 9.97. The van der Waals surface area contributed by atoms with Crippen molar-refractivity contribution in [3.05, 3.63) is 64.2 Å². The largest absolute Gasteiger partial charge is 0.496 e. The summed E-state index contributed by atoms with van der Waals surface area (Å²) in [5.41, 5.74) is 4.98. The second-order valence-corrected chi connectivity index (χ2v) is 8.71. The van der Waals surface area contributed by atoms with Crippen LogP contribution in [0, 0.1) is 26.2 Å². The second kappa shape index (κ2) is 9.64. The fraction of sp³-hybridized carbons (Fsp3) is 0.375. The van der Waals surface area contributed by atoms with E-state index in [2.05, 4.69) is 5.43 Å². The summed E-state index contributed by atoms with van der Waals surface area (Å²) in [5.74, 6) is -0.809. The number of rotatable bonds is 4. The van der Waals surface area contributed by atoms with Crippen LogP contribution in [-0.4, -0.2) is 36.6 Å². The first-order valence-corrected chi connectivity index (χ1v) is 9.97. The van der Waals surface area contributed by atoms with Gasteiger partial charge in [0.15, 0.2) is 0 Å². The molecule has 2 aromatic carbocycles. The van der Waals surface area contributed by atoms with E-state index in [4.69, 9.17) is 9.47 Å². The second-order valence-electron chi connectivity index (χ2n) is 8.71. The van der Waals surface area contributed by atoms with Gasteiger partial charge in [0.1, 0.15) is 5.75 Å². The highest BCUT2D eigenvalue weighted by atomic mass is 16.6. The van der Waals surface area contributed by atoms with Crippen molar-refractivity contribution in [3.8, 4) is 5.75 Å². The van der Waals surface area contributed by atoms with E-state index in [1.54, 1.807) is 37.3 Å². The molecular formula is C24H30N2O5. The number of nitrogens with one attached hydrogen (secondary N) is 1. The Morgan fingerprint density at radius 1 is 1.00 bits per heavy atom. The van der Waals surface area contributed by atoms with Crippen LogP contribution in [0.2, 0.25) is 0 Å². The molecule has 31 heavy (non-hydrogen) atoms. The molecule has 0 heterocycles. The number of amides is 3. The van der Waals surface area contributed by atoms with Crippen LogP contribution in [0.1, 0.15) is 58.2 Å².